The van der Waals surface area contributed by atoms with Gasteiger partial charge in [0, 0.05) is 33.0 Å². The molecule has 1 N–H and O–H groups in total. The summed E-state index contributed by atoms with van der Waals surface area (Å²) in [5, 5.41) is 8.87. The molecule has 3 nitrogen and oxygen atoms in total. The van der Waals surface area contributed by atoms with E-state index in [0.29, 0.717) is 0 Å². The summed E-state index contributed by atoms with van der Waals surface area (Å²) in [6.45, 7) is 4.73. The summed E-state index contributed by atoms with van der Waals surface area (Å²) in [5.41, 5.74) is 13.4. The number of nitrogens with one attached hydrogen (secondary N) is 1. The van der Waals surface area contributed by atoms with Crippen LogP contribution in [0.25, 0.3) is 55.1 Å². The lowest BCUT2D eigenvalue weighted by atomic mass is 9.82. The van der Waals surface area contributed by atoms with Gasteiger partial charge in [-0.15, -0.1) is 0 Å². The Labute approximate surface area is 291 Å². The zero-order valence-electron chi connectivity index (χ0n) is 28.1. The SMILES string of the molecule is CC1(C)c2ccccc2-c2c1ccc1c2c2c3ccccc3ccc2n1-c1ccc(C2=CC(c3ccccc3)NC(c3ccccc3)=N2)cc1. The van der Waals surface area contributed by atoms with Crippen molar-refractivity contribution >= 4 is 44.1 Å². The van der Waals surface area contributed by atoms with Gasteiger partial charge >= 0.3 is 0 Å². The Morgan fingerprint density at radius 1 is 0.580 bits per heavy atom. The van der Waals surface area contributed by atoms with Crippen LogP contribution in [0.1, 0.15) is 47.7 Å². The summed E-state index contributed by atoms with van der Waals surface area (Å²) in [6, 6.07) is 57.1. The number of hydrogen-bond donors (Lipinski definition) is 1. The van der Waals surface area contributed by atoms with E-state index in [1.807, 2.05) is 6.07 Å². The van der Waals surface area contributed by atoms with Crippen molar-refractivity contribution in [3.05, 3.63) is 192 Å². The normalized spacial score (nSPS) is 16.2. The molecule has 0 spiro atoms. The second kappa shape index (κ2) is 10.9. The molecular formula is C47H35N3. The smallest absolute Gasteiger partial charge is 0.134 e. The van der Waals surface area contributed by atoms with Crippen LogP contribution in [-0.2, 0) is 5.41 Å². The topological polar surface area (TPSA) is 29.3 Å². The van der Waals surface area contributed by atoms with Crippen LogP contribution >= 0.6 is 0 Å². The van der Waals surface area contributed by atoms with Gasteiger partial charge in [0.05, 0.1) is 22.8 Å². The van der Waals surface area contributed by atoms with E-state index >= 15 is 0 Å². The van der Waals surface area contributed by atoms with E-state index in [9.17, 15) is 0 Å². The summed E-state index contributed by atoms with van der Waals surface area (Å²) in [7, 11) is 0. The number of benzene rings is 7. The molecule has 1 aliphatic heterocycles. The third-order valence-electron chi connectivity index (χ3n) is 10.8. The maximum absolute atomic E-state index is 5.16. The highest BCUT2D eigenvalue weighted by molar-refractivity contribution is 6.26. The van der Waals surface area contributed by atoms with E-state index in [0.717, 1.165) is 28.3 Å². The highest BCUT2D eigenvalue weighted by Gasteiger charge is 2.37. The van der Waals surface area contributed by atoms with E-state index in [2.05, 4.69) is 181 Å². The molecular weight excluding hydrogens is 607 g/mol. The Bertz CT molecular complexity index is 2680. The maximum Gasteiger partial charge on any atom is 0.134 e. The third kappa shape index (κ3) is 4.26. The Morgan fingerprint density at radius 3 is 2.08 bits per heavy atom. The van der Waals surface area contributed by atoms with Crippen LogP contribution in [0.2, 0.25) is 0 Å². The largest absolute Gasteiger partial charge is 0.359 e. The zero-order chi connectivity index (χ0) is 33.4. The Hall–Kier alpha value is -6.19. The van der Waals surface area contributed by atoms with Crippen LogP contribution in [0.3, 0.4) is 0 Å². The lowest BCUT2D eigenvalue weighted by Gasteiger charge is -2.24. The third-order valence-corrected chi connectivity index (χ3v) is 10.8. The lowest BCUT2D eigenvalue weighted by Crippen LogP contribution is -2.31. The summed E-state index contributed by atoms with van der Waals surface area (Å²) in [6.07, 6.45) is 2.24. The summed E-state index contributed by atoms with van der Waals surface area (Å²) < 4.78 is 2.46. The summed E-state index contributed by atoms with van der Waals surface area (Å²) in [5.74, 6) is 0.882. The predicted molar refractivity (Wildman–Crippen MR) is 209 cm³/mol. The number of hydrogen-bond acceptors (Lipinski definition) is 2. The highest BCUT2D eigenvalue weighted by Crippen LogP contribution is 2.53. The quantitative estimate of drug-likeness (QED) is 0.204. The number of aromatic nitrogens is 1. The standard InChI is InChI=1S/C47H35N3/c1-47(2)37-20-12-11-19-36(37)43-38(47)26-28-42-45(43)44-35-18-10-9-13-30(35)23-27-41(44)50(42)34-24-21-32(22-25-34)40-29-39(31-14-5-3-6-15-31)48-46(49-40)33-16-7-4-8-17-33/h3-29,39H,1-2H3,(H,48,49). The van der Waals surface area contributed by atoms with Crippen molar-refractivity contribution in [3.63, 3.8) is 0 Å². The molecule has 2 aliphatic rings. The van der Waals surface area contributed by atoms with Crippen molar-refractivity contribution < 1.29 is 0 Å². The molecule has 50 heavy (non-hydrogen) atoms. The lowest BCUT2D eigenvalue weighted by molar-refractivity contribution is 0.661. The van der Waals surface area contributed by atoms with E-state index in [4.69, 9.17) is 4.99 Å². The van der Waals surface area contributed by atoms with Crippen LogP contribution < -0.4 is 5.32 Å². The predicted octanol–water partition coefficient (Wildman–Crippen LogP) is 11.4. The molecule has 7 aromatic carbocycles. The van der Waals surface area contributed by atoms with Crippen LogP contribution in [0.15, 0.2) is 169 Å². The van der Waals surface area contributed by atoms with Gasteiger partial charge in [0.2, 0.25) is 0 Å². The van der Waals surface area contributed by atoms with Gasteiger partial charge in [-0.1, -0.05) is 147 Å². The fourth-order valence-electron chi connectivity index (χ4n) is 8.40. The summed E-state index contributed by atoms with van der Waals surface area (Å²) in [4.78, 5) is 5.16. The van der Waals surface area contributed by atoms with Crippen molar-refractivity contribution in [2.24, 2.45) is 4.99 Å². The van der Waals surface area contributed by atoms with Gasteiger partial charge in [-0.3, -0.25) is 0 Å². The number of rotatable bonds is 4. The number of nitrogens with zero attached hydrogens (tertiary/aromatic N) is 2. The van der Waals surface area contributed by atoms with Crippen molar-refractivity contribution in [1.29, 1.82) is 0 Å². The van der Waals surface area contributed by atoms with Crippen LogP contribution in [-0.4, -0.2) is 10.4 Å². The van der Waals surface area contributed by atoms with Gasteiger partial charge in [-0.05, 0) is 68.9 Å². The van der Waals surface area contributed by atoms with Gasteiger partial charge < -0.3 is 9.88 Å². The molecule has 1 aliphatic carbocycles. The molecule has 3 heteroatoms. The van der Waals surface area contributed by atoms with Crippen LogP contribution in [0.5, 0.6) is 0 Å². The Balaban J connectivity index is 1.17. The maximum atomic E-state index is 5.16. The molecule has 1 atom stereocenters. The molecule has 0 bridgehead atoms. The van der Waals surface area contributed by atoms with Crippen molar-refractivity contribution in [3.8, 4) is 16.8 Å². The van der Waals surface area contributed by atoms with Gasteiger partial charge in [-0.25, -0.2) is 4.99 Å². The Morgan fingerprint density at radius 2 is 1.26 bits per heavy atom. The fourth-order valence-corrected chi connectivity index (χ4v) is 8.40. The molecule has 0 radical (unpaired) electrons. The van der Waals surface area contributed by atoms with Gasteiger partial charge in [-0.2, -0.15) is 0 Å². The van der Waals surface area contributed by atoms with Crippen molar-refractivity contribution in [1.82, 2.24) is 9.88 Å². The fraction of sp³-hybridized carbons (Fsp3) is 0.0851. The molecule has 2 heterocycles. The molecule has 0 saturated heterocycles. The minimum atomic E-state index is -0.0694. The van der Waals surface area contributed by atoms with E-state index in [-0.39, 0.29) is 11.5 Å². The van der Waals surface area contributed by atoms with E-state index in [1.54, 1.807) is 0 Å². The second-order valence-corrected chi connectivity index (χ2v) is 14.0. The first-order chi connectivity index (χ1) is 24.6. The first-order valence-electron chi connectivity index (χ1n) is 17.4. The average Bonchev–Trinajstić information content (AvgIpc) is 3.64. The molecule has 1 aromatic heterocycles. The molecule has 10 rings (SSSR count). The number of fused-ring (bicyclic) bond motifs is 9. The molecule has 238 valence electrons. The molecule has 0 saturated carbocycles. The average molecular weight is 642 g/mol. The van der Waals surface area contributed by atoms with Crippen molar-refractivity contribution in [2.45, 2.75) is 25.3 Å². The minimum absolute atomic E-state index is 0.0124. The monoisotopic (exact) mass is 641 g/mol. The summed E-state index contributed by atoms with van der Waals surface area (Å²) >= 11 is 0. The van der Waals surface area contributed by atoms with Gasteiger partial charge in [0.1, 0.15) is 5.84 Å². The van der Waals surface area contributed by atoms with E-state index < -0.39 is 0 Å². The second-order valence-electron chi connectivity index (χ2n) is 14.0. The van der Waals surface area contributed by atoms with E-state index in [1.165, 1.54) is 60.4 Å². The highest BCUT2D eigenvalue weighted by atomic mass is 15.0. The Kier molecular flexibility index (Phi) is 6.28. The zero-order valence-corrected chi connectivity index (χ0v) is 28.1. The number of aliphatic imine (C=N–C) groups is 1. The molecule has 0 fully saturated rings. The van der Waals surface area contributed by atoms with Gasteiger partial charge in [0.25, 0.3) is 0 Å². The molecule has 8 aromatic rings. The molecule has 1 unspecified atom stereocenters. The number of amidine groups is 1. The molecule has 0 amide bonds. The minimum Gasteiger partial charge on any atom is -0.359 e. The first kappa shape index (κ1) is 28.8. The van der Waals surface area contributed by atoms with Crippen molar-refractivity contribution in [2.75, 3.05) is 0 Å². The van der Waals surface area contributed by atoms with Crippen LogP contribution in [0, 0.1) is 0 Å². The van der Waals surface area contributed by atoms with Gasteiger partial charge in [0.15, 0.2) is 0 Å². The first-order valence-corrected chi connectivity index (χ1v) is 17.4. The van der Waals surface area contributed by atoms with Crippen LogP contribution in [0.4, 0.5) is 0 Å².